The molecule has 0 unspecified atom stereocenters. The Bertz CT molecular complexity index is 914. The number of sulfonamides is 1. The molecule has 7 heteroatoms. The predicted molar refractivity (Wildman–Crippen MR) is 98.7 cm³/mol. The van der Waals surface area contributed by atoms with Gasteiger partial charge in [0.1, 0.15) is 0 Å². The van der Waals surface area contributed by atoms with Gasteiger partial charge in [-0.05, 0) is 62.3 Å². The minimum absolute atomic E-state index is 0.0561. The lowest BCUT2D eigenvalue weighted by Gasteiger charge is -2.13. The topological polar surface area (TPSA) is 75.3 Å². The van der Waals surface area contributed by atoms with Crippen molar-refractivity contribution in [2.75, 3.05) is 5.32 Å². The van der Waals surface area contributed by atoms with Gasteiger partial charge in [0.05, 0.1) is 10.5 Å². The zero-order valence-electron chi connectivity index (χ0n) is 13.7. The van der Waals surface area contributed by atoms with Crippen LogP contribution in [0.3, 0.4) is 0 Å². The van der Waals surface area contributed by atoms with E-state index in [0.717, 1.165) is 43.2 Å². The number of rotatable bonds is 5. The number of hydrogen-bond acceptors (Lipinski definition) is 4. The van der Waals surface area contributed by atoms with Crippen LogP contribution in [0.4, 0.5) is 5.69 Å². The van der Waals surface area contributed by atoms with Crippen LogP contribution in [0, 0.1) is 0 Å². The number of anilines is 1. The summed E-state index contributed by atoms with van der Waals surface area (Å²) < 4.78 is 27.3. The molecule has 1 amide bonds. The predicted octanol–water partition coefficient (Wildman–Crippen LogP) is 3.32. The van der Waals surface area contributed by atoms with Gasteiger partial charge in [0, 0.05) is 22.0 Å². The summed E-state index contributed by atoms with van der Waals surface area (Å²) in [6.07, 6.45) is 6.07. The fourth-order valence-corrected chi connectivity index (χ4v) is 5.59. The highest BCUT2D eigenvalue weighted by Gasteiger charge is 2.28. The van der Waals surface area contributed by atoms with Crippen LogP contribution in [-0.4, -0.2) is 20.4 Å². The second kappa shape index (κ2) is 6.55. The molecule has 5 nitrogen and oxygen atoms in total. The van der Waals surface area contributed by atoms with Crippen molar-refractivity contribution in [3.63, 3.8) is 0 Å². The molecule has 2 aliphatic carbocycles. The number of hydrogen-bond donors (Lipinski definition) is 2. The van der Waals surface area contributed by atoms with Gasteiger partial charge in [-0.15, -0.1) is 11.3 Å². The largest absolute Gasteiger partial charge is 0.322 e. The van der Waals surface area contributed by atoms with E-state index in [-0.39, 0.29) is 16.8 Å². The van der Waals surface area contributed by atoms with Crippen LogP contribution in [0.5, 0.6) is 0 Å². The molecule has 25 heavy (non-hydrogen) atoms. The summed E-state index contributed by atoms with van der Waals surface area (Å²) in [6, 6.07) is 6.49. The summed E-state index contributed by atoms with van der Waals surface area (Å²) >= 11 is 1.65. The van der Waals surface area contributed by atoms with Crippen molar-refractivity contribution < 1.29 is 13.2 Å². The lowest BCUT2D eigenvalue weighted by Crippen LogP contribution is -2.25. The molecule has 0 atom stereocenters. The zero-order valence-corrected chi connectivity index (χ0v) is 15.4. The average Bonchev–Trinajstić information content (AvgIpc) is 3.29. The Morgan fingerprint density at radius 1 is 1.16 bits per heavy atom. The molecule has 132 valence electrons. The highest BCUT2D eigenvalue weighted by Crippen LogP contribution is 2.31. The van der Waals surface area contributed by atoms with Gasteiger partial charge >= 0.3 is 0 Å². The van der Waals surface area contributed by atoms with Gasteiger partial charge < -0.3 is 5.32 Å². The second-order valence-electron chi connectivity index (χ2n) is 6.64. The molecule has 2 N–H and O–H groups in total. The Hall–Kier alpha value is -1.70. The Labute approximate surface area is 151 Å². The van der Waals surface area contributed by atoms with Crippen molar-refractivity contribution in [2.24, 2.45) is 0 Å². The third-order valence-electron chi connectivity index (χ3n) is 4.61. The third-order valence-corrected chi connectivity index (χ3v) is 7.21. The van der Waals surface area contributed by atoms with E-state index in [9.17, 15) is 13.2 Å². The number of carbonyl (C=O) groups excluding carboxylic acids is 1. The van der Waals surface area contributed by atoms with Crippen LogP contribution in [0.2, 0.25) is 0 Å². The highest BCUT2D eigenvalue weighted by molar-refractivity contribution is 7.89. The van der Waals surface area contributed by atoms with Crippen LogP contribution in [0.15, 0.2) is 34.5 Å². The summed E-state index contributed by atoms with van der Waals surface area (Å²) in [4.78, 5) is 14.1. The van der Waals surface area contributed by atoms with Gasteiger partial charge in [0.25, 0.3) is 5.91 Å². The van der Waals surface area contributed by atoms with Crippen molar-refractivity contribution in [1.82, 2.24) is 4.72 Å². The Morgan fingerprint density at radius 2 is 1.96 bits per heavy atom. The molecule has 1 fully saturated rings. The Balaban J connectivity index is 1.54. The molecule has 0 saturated heterocycles. The van der Waals surface area contributed by atoms with E-state index in [2.05, 4.69) is 10.0 Å². The van der Waals surface area contributed by atoms with Gasteiger partial charge in [-0.25, -0.2) is 13.1 Å². The monoisotopic (exact) mass is 376 g/mol. The lowest BCUT2D eigenvalue weighted by atomic mass is 9.95. The molecule has 1 aromatic heterocycles. The summed E-state index contributed by atoms with van der Waals surface area (Å²) in [5.41, 5.74) is 2.39. The van der Waals surface area contributed by atoms with E-state index in [4.69, 9.17) is 0 Å². The summed E-state index contributed by atoms with van der Waals surface area (Å²) in [5, 5.41) is 4.77. The van der Waals surface area contributed by atoms with E-state index in [1.54, 1.807) is 29.5 Å². The summed E-state index contributed by atoms with van der Waals surface area (Å²) in [6.45, 7) is 0. The van der Waals surface area contributed by atoms with Crippen LogP contribution >= 0.6 is 11.3 Å². The zero-order chi connectivity index (χ0) is 17.4. The van der Waals surface area contributed by atoms with Gasteiger partial charge in [-0.3, -0.25) is 4.79 Å². The van der Waals surface area contributed by atoms with E-state index >= 15 is 0 Å². The quantitative estimate of drug-likeness (QED) is 0.840. The average molecular weight is 377 g/mol. The van der Waals surface area contributed by atoms with Gasteiger partial charge in [0.15, 0.2) is 0 Å². The maximum absolute atomic E-state index is 12.6. The van der Waals surface area contributed by atoms with Gasteiger partial charge in [-0.2, -0.15) is 0 Å². The molecular formula is C18H20N2O3S2. The van der Waals surface area contributed by atoms with Crippen molar-refractivity contribution in [3.05, 3.63) is 45.6 Å². The molecule has 0 radical (unpaired) electrons. The van der Waals surface area contributed by atoms with Crippen LogP contribution < -0.4 is 10.0 Å². The minimum Gasteiger partial charge on any atom is -0.322 e. The maximum atomic E-state index is 12.6. The molecule has 2 aromatic rings. The summed E-state index contributed by atoms with van der Waals surface area (Å²) in [7, 11) is -3.52. The molecule has 0 aliphatic heterocycles. The van der Waals surface area contributed by atoms with Gasteiger partial charge in [0.2, 0.25) is 10.0 Å². The number of aryl methyl sites for hydroxylation is 1. The Morgan fingerprint density at radius 3 is 2.76 bits per heavy atom. The first-order valence-corrected chi connectivity index (χ1v) is 10.9. The Kier molecular flexibility index (Phi) is 4.39. The second-order valence-corrected chi connectivity index (χ2v) is 9.31. The van der Waals surface area contributed by atoms with Crippen molar-refractivity contribution in [3.8, 4) is 0 Å². The standard InChI is InChI=1S/C18H20N2O3S2/c21-18(16-11-24-17-7-2-1-6-15(16)17)19-13-4-3-5-14(10-13)25(22,23)20-12-8-9-12/h3-5,10-12,20H,1-2,6-9H2,(H,19,21). The van der Waals surface area contributed by atoms with Gasteiger partial charge in [-0.1, -0.05) is 6.07 Å². The first-order valence-electron chi connectivity index (χ1n) is 8.56. The van der Waals surface area contributed by atoms with Crippen molar-refractivity contribution in [1.29, 1.82) is 0 Å². The SMILES string of the molecule is O=C(Nc1cccc(S(=O)(=O)NC2CC2)c1)c1csc2c1CCCC2. The van der Waals surface area contributed by atoms with Crippen molar-refractivity contribution in [2.45, 2.75) is 49.5 Å². The van der Waals surface area contributed by atoms with Crippen LogP contribution in [0.1, 0.15) is 46.5 Å². The molecule has 0 bridgehead atoms. The number of benzene rings is 1. The third kappa shape index (κ3) is 3.63. The molecular weight excluding hydrogens is 356 g/mol. The number of amides is 1. The fourth-order valence-electron chi connectivity index (χ4n) is 3.11. The smallest absolute Gasteiger partial charge is 0.256 e. The van der Waals surface area contributed by atoms with E-state index in [1.165, 1.54) is 17.4 Å². The van der Waals surface area contributed by atoms with Crippen LogP contribution in [0.25, 0.3) is 0 Å². The van der Waals surface area contributed by atoms with E-state index < -0.39 is 10.0 Å². The number of fused-ring (bicyclic) bond motifs is 1. The molecule has 1 aromatic carbocycles. The minimum atomic E-state index is -3.52. The molecule has 1 saturated carbocycles. The highest BCUT2D eigenvalue weighted by atomic mass is 32.2. The van der Waals surface area contributed by atoms with E-state index in [1.807, 2.05) is 5.38 Å². The lowest BCUT2D eigenvalue weighted by molar-refractivity contribution is 0.102. The fraction of sp³-hybridized carbons (Fsp3) is 0.389. The first-order chi connectivity index (χ1) is 12.0. The number of nitrogens with one attached hydrogen (secondary N) is 2. The van der Waals surface area contributed by atoms with E-state index in [0.29, 0.717) is 5.69 Å². The maximum Gasteiger partial charge on any atom is 0.256 e. The number of thiophene rings is 1. The van der Waals surface area contributed by atoms with Crippen LogP contribution in [-0.2, 0) is 22.9 Å². The molecule has 1 heterocycles. The summed E-state index contributed by atoms with van der Waals surface area (Å²) in [5.74, 6) is -0.163. The molecule has 2 aliphatic rings. The number of carbonyl (C=O) groups is 1. The molecule has 0 spiro atoms. The van der Waals surface area contributed by atoms with Crippen molar-refractivity contribution >= 4 is 33.0 Å². The molecule has 4 rings (SSSR count). The normalized spacial score (nSPS) is 17.1. The first kappa shape index (κ1) is 16.8.